The van der Waals surface area contributed by atoms with Crippen LogP contribution in [0.4, 0.5) is 5.82 Å². The molecule has 3 N–H and O–H groups in total. The summed E-state index contributed by atoms with van der Waals surface area (Å²) >= 11 is 0. The van der Waals surface area contributed by atoms with Crippen LogP contribution in [0, 0.1) is 10.1 Å². The van der Waals surface area contributed by atoms with Crippen molar-refractivity contribution in [3.05, 3.63) is 22.0 Å². The molecule has 0 bridgehead atoms. The third-order valence-electron chi connectivity index (χ3n) is 1.84. The van der Waals surface area contributed by atoms with Crippen molar-refractivity contribution >= 4 is 11.8 Å². The summed E-state index contributed by atoms with van der Waals surface area (Å²) in [4.78, 5) is 24.0. The highest BCUT2D eigenvalue weighted by Gasteiger charge is 2.16. The molecule has 10 nitrogen and oxygen atoms in total. The van der Waals surface area contributed by atoms with Gasteiger partial charge < -0.3 is 15.2 Å². The minimum atomic E-state index is -1.05. The quantitative estimate of drug-likeness (QED) is 0.489. The number of nitrogens with zero attached hydrogens (tertiary/aromatic N) is 4. The Balaban J connectivity index is 2.24. The van der Waals surface area contributed by atoms with Crippen molar-refractivity contribution in [3.8, 4) is 11.5 Å². The number of rotatable bonds is 4. The number of aromatic amines is 2. The van der Waals surface area contributed by atoms with Gasteiger partial charge in [-0.25, -0.2) is 4.98 Å². The predicted molar refractivity (Wildman–Crippen MR) is 52.0 cm³/mol. The van der Waals surface area contributed by atoms with E-state index in [1.165, 1.54) is 0 Å². The second-order valence-electron chi connectivity index (χ2n) is 3.07. The molecule has 0 saturated carbocycles. The maximum atomic E-state index is 10.4. The highest BCUT2D eigenvalue weighted by molar-refractivity contribution is 5.69. The Morgan fingerprint density at radius 2 is 2.24 bits per heavy atom. The first kappa shape index (κ1) is 10.7. The lowest BCUT2D eigenvalue weighted by molar-refractivity contribution is -0.389. The maximum absolute atomic E-state index is 10.4. The van der Waals surface area contributed by atoms with E-state index in [4.69, 9.17) is 5.11 Å². The van der Waals surface area contributed by atoms with Crippen LogP contribution in [0.5, 0.6) is 0 Å². The van der Waals surface area contributed by atoms with Gasteiger partial charge in [0.1, 0.15) is 12.2 Å². The first-order valence-electron chi connectivity index (χ1n) is 4.39. The van der Waals surface area contributed by atoms with E-state index in [2.05, 4.69) is 25.4 Å². The molecule has 0 amide bonds. The molecule has 0 aromatic carbocycles. The van der Waals surface area contributed by atoms with Crippen LogP contribution in [0.3, 0.4) is 0 Å². The van der Waals surface area contributed by atoms with Crippen molar-refractivity contribution in [2.75, 3.05) is 0 Å². The fraction of sp³-hybridized carbons (Fsp3) is 0.143. The third-order valence-corrected chi connectivity index (χ3v) is 1.84. The zero-order valence-electron chi connectivity index (χ0n) is 8.25. The van der Waals surface area contributed by atoms with E-state index >= 15 is 0 Å². The van der Waals surface area contributed by atoms with Gasteiger partial charge in [0.15, 0.2) is 5.69 Å². The molecule has 2 rings (SSSR count). The lowest BCUT2D eigenvalue weighted by Gasteiger charge is -1.85. The number of aliphatic carboxylic acids is 1. The molecule has 2 aromatic rings. The van der Waals surface area contributed by atoms with Gasteiger partial charge in [-0.2, -0.15) is 5.10 Å². The van der Waals surface area contributed by atoms with Gasteiger partial charge in [-0.3, -0.25) is 9.89 Å². The van der Waals surface area contributed by atoms with Gasteiger partial charge in [-0.05, 0) is 4.92 Å². The molecule has 0 saturated heterocycles. The second-order valence-corrected chi connectivity index (χ2v) is 3.07. The van der Waals surface area contributed by atoms with Gasteiger partial charge in [-0.1, -0.05) is 5.10 Å². The minimum Gasteiger partial charge on any atom is -0.481 e. The molecular formula is C7H6N6O4. The Labute approximate surface area is 92.8 Å². The van der Waals surface area contributed by atoms with Crippen LogP contribution in [-0.4, -0.2) is 41.4 Å². The summed E-state index contributed by atoms with van der Waals surface area (Å²) in [6, 6.07) is 1.16. The molecule has 0 aliphatic carbocycles. The summed E-state index contributed by atoms with van der Waals surface area (Å²) in [6.07, 6.45) is -0.306. The van der Waals surface area contributed by atoms with Crippen LogP contribution in [0.2, 0.25) is 0 Å². The smallest absolute Gasteiger partial charge is 0.343 e. The van der Waals surface area contributed by atoms with E-state index in [9.17, 15) is 14.9 Å². The lowest BCUT2D eigenvalue weighted by atomic mass is 10.4. The number of carboxylic acid groups (broad SMARTS) is 1. The first-order chi connectivity index (χ1) is 8.06. The van der Waals surface area contributed by atoms with E-state index in [0.29, 0.717) is 0 Å². The fourth-order valence-electron chi connectivity index (χ4n) is 1.15. The lowest BCUT2D eigenvalue weighted by Crippen LogP contribution is -2.01. The van der Waals surface area contributed by atoms with Crippen LogP contribution in [0.25, 0.3) is 11.5 Å². The van der Waals surface area contributed by atoms with Crippen LogP contribution in [-0.2, 0) is 11.2 Å². The largest absolute Gasteiger partial charge is 0.481 e. The van der Waals surface area contributed by atoms with Crippen molar-refractivity contribution in [2.24, 2.45) is 0 Å². The maximum Gasteiger partial charge on any atom is 0.343 e. The summed E-state index contributed by atoms with van der Waals surface area (Å²) in [5, 5.41) is 30.9. The third kappa shape index (κ3) is 2.25. The molecule has 0 spiro atoms. The summed E-state index contributed by atoms with van der Waals surface area (Å²) in [7, 11) is 0. The zero-order chi connectivity index (χ0) is 12.4. The molecule has 2 heterocycles. The van der Waals surface area contributed by atoms with Crippen molar-refractivity contribution in [1.82, 2.24) is 25.4 Å². The standard InChI is InChI=1S/C7H6N6O4/c14-6(15)2-4-8-7(12-10-4)3-1-5(11-9-3)13(16)17/h1H,2H2,(H,9,11)(H,14,15)(H,8,10,12). The topological polar surface area (TPSA) is 151 Å². The van der Waals surface area contributed by atoms with Crippen LogP contribution in [0.15, 0.2) is 6.07 Å². The van der Waals surface area contributed by atoms with E-state index in [-0.39, 0.29) is 29.6 Å². The number of hydrogen-bond donors (Lipinski definition) is 3. The number of hydrogen-bond acceptors (Lipinski definition) is 6. The van der Waals surface area contributed by atoms with Crippen LogP contribution >= 0.6 is 0 Å². The Morgan fingerprint density at radius 1 is 1.47 bits per heavy atom. The van der Waals surface area contributed by atoms with Gasteiger partial charge in [0.25, 0.3) is 0 Å². The van der Waals surface area contributed by atoms with Crippen molar-refractivity contribution < 1.29 is 14.8 Å². The zero-order valence-corrected chi connectivity index (χ0v) is 8.25. The summed E-state index contributed by atoms with van der Waals surface area (Å²) in [5.74, 6) is -1.09. The monoisotopic (exact) mass is 238 g/mol. The second kappa shape index (κ2) is 4.00. The summed E-state index contributed by atoms with van der Waals surface area (Å²) in [5.41, 5.74) is 0.171. The number of aromatic nitrogens is 5. The first-order valence-corrected chi connectivity index (χ1v) is 4.39. The van der Waals surface area contributed by atoms with E-state index in [1.54, 1.807) is 0 Å². The molecule has 88 valence electrons. The molecule has 0 radical (unpaired) electrons. The molecule has 0 fully saturated rings. The normalized spacial score (nSPS) is 10.4. The van der Waals surface area contributed by atoms with Crippen molar-refractivity contribution in [3.63, 3.8) is 0 Å². The van der Waals surface area contributed by atoms with Gasteiger partial charge >= 0.3 is 11.8 Å². The van der Waals surface area contributed by atoms with Crippen LogP contribution in [0.1, 0.15) is 5.82 Å². The van der Waals surface area contributed by atoms with Crippen molar-refractivity contribution in [2.45, 2.75) is 6.42 Å². The number of nitrogens with one attached hydrogen (secondary N) is 2. The molecule has 0 aliphatic heterocycles. The van der Waals surface area contributed by atoms with E-state index in [0.717, 1.165) is 6.07 Å². The molecule has 0 atom stereocenters. The Hall–Kier alpha value is -2.78. The Kier molecular flexibility index (Phi) is 2.52. The van der Waals surface area contributed by atoms with Gasteiger partial charge in [0.2, 0.25) is 5.82 Å². The van der Waals surface area contributed by atoms with Crippen LogP contribution < -0.4 is 0 Å². The molecule has 2 aromatic heterocycles. The van der Waals surface area contributed by atoms with Gasteiger partial charge in [0.05, 0.1) is 6.07 Å². The van der Waals surface area contributed by atoms with Crippen molar-refractivity contribution in [1.29, 1.82) is 0 Å². The van der Waals surface area contributed by atoms with Gasteiger partial charge in [0, 0.05) is 0 Å². The molecule has 0 aliphatic rings. The number of carboxylic acids is 1. The average molecular weight is 238 g/mol. The predicted octanol–water partition coefficient (Wildman–Crippen LogP) is -0.270. The Bertz CT molecular complexity index is 572. The number of nitro groups is 1. The molecule has 17 heavy (non-hydrogen) atoms. The molecule has 0 unspecified atom stereocenters. The van der Waals surface area contributed by atoms with Gasteiger partial charge in [-0.15, -0.1) is 5.10 Å². The van der Waals surface area contributed by atoms with E-state index in [1.807, 2.05) is 0 Å². The molecular weight excluding hydrogens is 232 g/mol. The Morgan fingerprint density at radius 3 is 2.82 bits per heavy atom. The number of carbonyl (C=O) groups is 1. The minimum absolute atomic E-state index is 0.102. The average Bonchev–Trinajstić information content (AvgIpc) is 2.83. The summed E-state index contributed by atoms with van der Waals surface area (Å²) < 4.78 is 0. The summed E-state index contributed by atoms with van der Waals surface area (Å²) in [6.45, 7) is 0. The highest BCUT2D eigenvalue weighted by Crippen LogP contribution is 2.16. The SMILES string of the molecule is O=C(O)Cc1nc(-c2cc([N+](=O)[O-])[nH]n2)n[nH]1. The fourth-order valence-corrected chi connectivity index (χ4v) is 1.15. The number of H-pyrrole nitrogens is 2. The van der Waals surface area contributed by atoms with E-state index < -0.39 is 10.9 Å². The highest BCUT2D eigenvalue weighted by atomic mass is 16.6. The molecule has 10 heteroatoms.